The highest BCUT2D eigenvalue weighted by Crippen LogP contribution is 2.43. The summed E-state index contributed by atoms with van der Waals surface area (Å²) in [5, 5.41) is 4.12. The number of hydrogen-bond acceptors (Lipinski definition) is 3. The third kappa shape index (κ3) is 2.06. The first-order valence-corrected chi connectivity index (χ1v) is 7.86. The number of halogens is 1. The van der Waals surface area contributed by atoms with Crippen LogP contribution in [0.3, 0.4) is 0 Å². The van der Waals surface area contributed by atoms with E-state index in [0.717, 1.165) is 46.7 Å². The molecule has 0 spiro atoms. The SMILES string of the molecule is O=[N+]1C2=C(NCCC2)C(c2cccc(Cl)c2)C2=C1OCC=C2. The Morgan fingerprint density at radius 2 is 2.27 bits per heavy atom. The van der Waals surface area contributed by atoms with Crippen LogP contribution in [-0.4, -0.2) is 17.9 Å². The zero-order valence-electron chi connectivity index (χ0n) is 12.0. The molecule has 1 aromatic rings. The summed E-state index contributed by atoms with van der Waals surface area (Å²) in [5.74, 6) is 0.403. The van der Waals surface area contributed by atoms with Crippen molar-refractivity contribution in [2.24, 2.45) is 0 Å². The number of ether oxygens (including phenoxy) is 1. The van der Waals surface area contributed by atoms with Crippen LogP contribution in [0, 0.1) is 4.91 Å². The van der Waals surface area contributed by atoms with Gasteiger partial charge in [0.25, 0.3) is 5.70 Å². The van der Waals surface area contributed by atoms with Gasteiger partial charge in [-0.3, -0.25) is 0 Å². The first-order valence-electron chi connectivity index (χ1n) is 7.49. The van der Waals surface area contributed by atoms with Gasteiger partial charge in [-0.25, -0.2) is 0 Å². The Morgan fingerprint density at radius 3 is 3.14 bits per heavy atom. The second-order valence-electron chi connectivity index (χ2n) is 5.65. The molecule has 112 valence electrons. The maximum Gasteiger partial charge on any atom is 0.427 e. The molecular weight excluding hydrogens is 300 g/mol. The third-order valence-corrected chi connectivity index (χ3v) is 4.52. The molecule has 0 radical (unpaired) electrons. The Labute approximate surface area is 133 Å². The summed E-state index contributed by atoms with van der Waals surface area (Å²) in [5.41, 5.74) is 3.74. The third-order valence-electron chi connectivity index (χ3n) is 4.29. The van der Waals surface area contributed by atoms with E-state index in [9.17, 15) is 4.91 Å². The van der Waals surface area contributed by atoms with Gasteiger partial charge in [0.15, 0.2) is 0 Å². The van der Waals surface area contributed by atoms with Gasteiger partial charge in [-0.2, -0.15) is 0 Å². The van der Waals surface area contributed by atoms with Crippen molar-refractivity contribution in [3.63, 3.8) is 0 Å². The largest absolute Gasteiger partial charge is 0.437 e. The summed E-state index contributed by atoms with van der Waals surface area (Å²) >= 11 is 6.17. The highest BCUT2D eigenvalue weighted by Gasteiger charge is 2.45. The molecular formula is C17H16ClN2O2+. The number of nitrogens with one attached hydrogen (secondary N) is 1. The van der Waals surface area contributed by atoms with E-state index in [1.807, 2.05) is 36.4 Å². The average Bonchev–Trinajstić information content (AvgIpc) is 2.55. The Morgan fingerprint density at radius 1 is 1.36 bits per heavy atom. The molecule has 22 heavy (non-hydrogen) atoms. The second kappa shape index (κ2) is 5.29. The second-order valence-corrected chi connectivity index (χ2v) is 6.08. The van der Waals surface area contributed by atoms with Crippen molar-refractivity contribution in [2.45, 2.75) is 18.8 Å². The van der Waals surface area contributed by atoms with Crippen molar-refractivity contribution >= 4 is 11.6 Å². The predicted molar refractivity (Wildman–Crippen MR) is 84.2 cm³/mol. The maximum absolute atomic E-state index is 12.6. The van der Waals surface area contributed by atoms with Crippen LogP contribution in [0.25, 0.3) is 0 Å². The minimum Gasteiger partial charge on any atom is -0.437 e. The van der Waals surface area contributed by atoms with Gasteiger partial charge in [0.2, 0.25) is 0 Å². The normalized spacial score (nSPS) is 23.7. The molecule has 0 amide bonds. The number of allylic oxidation sites excluding steroid dienone is 3. The molecule has 0 fully saturated rings. The Bertz CT molecular complexity index is 749. The van der Waals surface area contributed by atoms with Gasteiger partial charge in [0.1, 0.15) is 11.4 Å². The van der Waals surface area contributed by atoms with Crippen molar-refractivity contribution in [3.8, 4) is 0 Å². The van der Waals surface area contributed by atoms with Crippen LogP contribution in [0.2, 0.25) is 5.02 Å². The summed E-state index contributed by atoms with van der Waals surface area (Å²) in [6, 6.07) is 7.81. The molecule has 0 aliphatic carbocycles. The molecule has 1 N–H and O–H groups in total. The molecule has 3 aliphatic heterocycles. The lowest BCUT2D eigenvalue weighted by atomic mass is 9.83. The van der Waals surface area contributed by atoms with Gasteiger partial charge >= 0.3 is 5.88 Å². The molecule has 0 bridgehead atoms. The van der Waals surface area contributed by atoms with Crippen LogP contribution in [-0.2, 0) is 4.74 Å². The van der Waals surface area contributed by atoms with Crippen LogP contribution < -0.4 is 5.32 Å². The van der Waals surface area contributed by atoms with Crippen LogP contribution in [0.1, 0.15) is 24.3 Å². The fourth-order valence-electron chi connectivity index (χ4n) is 3.36. The Balaban J connectivity index is 1.91. The van der Waals surface area contributed by atoms with Crippen LogP contribution in [0.5, 0.6) is 0 Å². The summed E-state index contributed by atoms with van der Waals surface area (Å²) < 4.78 is 6.60. The van der Waals surface area contributed by atoms with E-state index in [0.29, 0.717) is 17.5 Å². The van der Waals surface area contributed by atoms with Gasteiger partial charge in [0, 0.05) is 22.9 Å². The van der Waals surface area contributed by atoms with E-state index in [-0.39, 0.29) is 5.92 Å². The summed E-state index contributed by atoms with van der Waals surface area (Å²) in [4.78, 5) is 12.6. The molecule has 3 aliphatic rings. The standard InChI is InChI=1S/C17H16ClN2O2/c18-12-5-1-4-11(10-12)15-13-6-3-9-22-17(13)20(21)14-7-2-8-19-16(14)15/h1,3-6,10,15,19H,2,7-9H2/q+1. The predicted octanol–water partition coefficient (Wildman–Crippen LogP) is 3.61. The molecule has 4 rings (SSSR count). The lowest BCUT2D eigenvalue weighted by molar-refractivity contribution is -0.490. The molecule has 0 aromatic heterocycles. The van der Waals surface area contributed by atoms with E-state index in [1.165, 1.54) is 0 Å². The topological polar surface area (TPSA) is 41.3 Å². The molecule has 4 nitrogen and oxygen atoms in total. The first-order chi connectivity index (χ1) is 10.8. The monoisotopic (exact) mass is 315 g/mol. The molecule has 1 aromatic carbocycles. The van der Waals surface area contributed by atoms with Crippen LogP contribution >= 0.6 is 11.6 Å². The van der Waals surface area contributed by atoms with Gasteiger partial charge < -0.3 is 10.1 Å². The van der Waals surface area contributed by atoms with E-state index in [1.54, 1.807) is 0 Å². The molecule has 1 unspecified atom stereocenters. The Kier molecular flexibility index (Phi) is 3.26. The smallest absolute Gasteiger partial charge is 0.427 e. The van der Waals surface area contributed by atoms with E-state index in [4.69, 9.17) is 16.3 Å². The van der Waals surface area contributed by atoms with Crippen molar-refractivity contribution < 1.29 is 9.50 Å². The molecule has 0 saturated heterocycles. The molecule has 1 atom stereocenters. The number of nitroso groups, excluding NO2 is 1. The van der Waals surface area contributed by atoms with E-state index < -0.39 is 0 Å². The van der Waals surface area contributed by atoms with Crippen molar-refractivity contribution in [2.75, 3.05) is 13.2 Å². The maximum atomic E-state index is 12.6. The van der Waals surface area contributed by atoms with Crippen molar-refractivity contribution in [1.29, 1.82) is 0 Å². The number of rotatable bonds is 1. The highest BCUT2D eigenvalue weighted by atomic mass is 35.5. The summed E-state index contributed by atoms with van der Waals surface area (Å²) in [6.45, 7) is 1.33. The number of nitrogens with zero attached hydrogens (tertiary/aromatic N) is 1. The fraction of sp³-hybridized carbons (Fsp3) is 0.294. The lowest BCUT2D eigenvalue weighted by Gasteiger charge is -2.30. The molecule has 0 saturated carbocycles. The van der Waals surface area contributed by atoms with E-state index >= 15 is 0 Å². The van der Waals surface area contributed by atoms with Crippen molar-refractivity contribution in [1.82, 2.24) is 5.32 Å². The van der Waals surface area contributed by atoms with Crippen LogP contribution in [0.15, 0.2) is 59.3 Å². The zero-order valence-corrected chi connectivity index (χ0v) is 12.8. The first kappa shape index (κ1) is 13.6. The Hall–Kier alpha value is -2.07. The lowest BCUT2D eigenvalue weighted by Crippen LogP contribution is -2.35. The van der Waals surface area contributed by atoms with Crippen molar-refractivity contribution in [3.05, 3.63) is 74.8 Å². The molecule has 3 heterocycles. The van der Waals surface area contributed by atoms with Crippen LogP contribution in [0.4, 0.5) is 0 Å². The minimum absolute atomic E-state index is 0.0225. The number of benzene rings is 1. The van der Waals surface area contributed by atoms with Gasteiger partial charge in [-0.15, -0.1) is 0 Å². The zero-order chi connectivity index (χ0) is 15.1. The van der Waals surface area contributed by atoms with Gasteiger partial charge in [-0.05, 0) is 36.3 Å². The average molecular weight is 316 g/mol. The van der Waals surface area contributed by atoms with Gasteiger partial charge in [-0.1, -0.05) is 23.7 Å². The fourth-order valence-corrected chi connectivity index (χ4v) is 3.56. The van der Waals surface area contributed by atoms with E-state index in [2.05, 4.69) is 5.32 Å². The summed E-state index contributed by atoms with van der Waals surface area (Å²) in [7, 11) is 0. The molecule has 5 heteroatoms. The van der Waals surface area contributed by atoms with Gasteiger partial charge in [0.05, 0.1) is 17.2 Å². The quantitative estimate of drug-likeness (QED) is 0.805. The minimum atomic E-state index is -0.0225. The number of hydrogen-bond donors (Lipinski definition) is 1. The highest BCUT2D eigenvalue weighted by molar-refractivity contribution is 6.30. The summed E-state index contributed by atoms with van der Waals surface area (Å²) in [6.07, 6.45) is 5.67.